The van der Waals surface area contributed by atoms with Gasteiger partial charge in [0.2, 0.25) is 15.9 Å². The number of carbonyl (C=O) groups excluding carboxylic acids is 1. The molecule has 2 aromatic carbocycles. The maximum absolute atomic E-state index is 13.0. The van der Waals surface area contributed by atoms with Gasteiger partial charge in [-0.25, -0.2) is 13.4 Å². The number of fused-ring (bicyclic) bond motifs is 1. The first-order valence-corrected chi connectivity index (χ1v) is 13.9. The molecular formula is C27H32N4O4S. The molecule has 2 aliphatic heterocycles. The van der Waals surface area contributed by atoms with Crippen LogP contribution in [0.3, 0.4) is 0 Å². The van der Waals surface area contributed by atoms with Gasteiger partial charge in [0.1, 0.15) is 5.82 Å². The fourth-order valence-electron chi connectivity index (χ4n) is 5.06. The van der Waals surface area contributed by atoms with Crippen molar-refractivity contribution in [2.24, 2.45) is 5.92 Å². The number of hydrogen-bond acceptors (Lipinski definition) is 6. The van der Waals surface area contributed by atoms with Crippen LogP contribution in [-0.2, 0) is 19.6 Å². The molecule has 9 heteroatoms. The first-order valence-electron chi connectivity index (χ1n) is 12.4. The molecule has 0 aliphatic carbocycles. The number of amides is 1. The molecule has 1 atom stereocenters. The van der Waals surface area contributed by atoms with E-state index < -0.39 is 10.0 Å². The number of morpholine rings is 1. The van der Waals surface area contributed by atoms with Crippen molar-refractivity contribution in [3.63, 3.8) is 0 Å². The molecule has 36 heavy (non-hydrogen) atoms. The Bertz CT molecular complexity index is 1370. The molecule has 0 saturated carbocycles. The van der Waals surface area contributed by atoms with E-state index in [0.29, 0.717) is 32.8 Å². The summed E-state index contributed by atoms with van der Waals surface area (Å²) in [4.78, 5) is 20.2. The predicted molar refractivity (Wildman–Crippen MR) is 141 cm³/mol. The second-order valence-electron chi connectivity index (χ2n) is 9.69. The van der Waals surface area contributed by atoms with E-state index in [9.17, 15) is 13.2 Å². The number of sulfonamides is 1. The summed E-state index contributed by atoms with van der Waals surface area (Å²) in [5.41, 5.74) is 3.81. The van der Waals surface area contributed by atoms with Crippen molar-refractivity contribution in [1.29, 1.82) is 0 Å². The molecule has 0 bridgehead atoms. The number of nitrogens with zero attached hydrogens (tertiary/aromatic N) is 3. The summed E-state index contributed by atoms with van der Waals surface area (Å²) in [6, 6.07) is 15.0. The highest BCUT2D eigenvalue weighted by atomic mass is 32.2. The van der Waals surface area contributed by atoms with Gasteiger partial charge in [0.05, 0.1) is 29.5 Å². The van der Waals surface area contributed by atoms with Crippen LogP contribution in [0.15, 0.2) is 53.4 Å². The topological polar surface area (TPSA) is 91.8 Å². The van der Waals surface area contributed by atoms with Crippen LogP contribution in [0.1, 0.15) is 24.0 Å². The van der Waals surface area contributed by atoms with E-state index in [0.717, 1.165) is 52.9 Å². The molecule has 2 saturated heterocycles. The number of ether oxygens (including phenoxy) is 1. The van der Waals surface area contributed by atoms with Crippen molar-refractivity contribution in [3.8, 4) is 0 Å². The molecule has 190 valence electrons. The molecule has 2 aliphatic rings. The van der Waals surface area contributed by atoms with Gasteiger partial charge in [-0.3, -0.25) is 4.79 Å². The van der Waals surface area contributed by atoms with Crippen molar-refractivity contribution >= 4 is 38.3 Å². The minimum absolute atomic E-state index is 0.0310. The van der Waals surface area contributed by atoms with E-state index in [4.69, 9.17) is 9.72 Å². The Balaban J connectivity index is 1.31. The quantitative estimate of drug-likeness (QED) is 0.565. The smallest absolute Gasteiger partial charge is 0.243 e. The Labute approximate surface area is 212 Å². The highest BCUT2D eigenvalue weighted by Gasteiger charge is 2.28. The van der Waals surface area contributed by atoms with E-state index in [1.54, 1.807) is 18.2 Å². The summed E-state index contributed by atoms with van der Waals surface area (Å²) in [6.07, 6.45) is 1.74. The lowest BCUT2D eigenvalue weighted by molar-refractivity contribution is -0.120. The van der Waals surface area contributed by atoms with Crippen LogP contribution in [0.4, 0.5) is 11.5 Å². The van der Waals surface area contributed by atoms with Crippen molar-refractivity contribution in [1.82, 2.24) is 9.29 Å². The van der Waals surface area contributed by atoms with Crippen LogP contribution in [-0.4, -0.2) is 63.0 Å². The Morgan fingerprint density at radius 1 is 1.00 bits per heavy atom. The molecule has 0 radical (unpaired) electrons. The molecule has 1 unspecified atom stereocenters. The molecule has 3 heterocycles. The zero-order valence-corrected chi connectivity index (χ0v) is 21.6. The average molecular weight is 509 g/mol. The number of nitrogens with one attached hydrogen (secondary N) is 1. The van der Waals surface area contributed by atoms with E-state index >= 15 is 0 Å². The number of aromatic nitrogens is 1. The van der Waals surface area contributed by atoms with Gasteiger partial charge in [-0.15, -0.1) is 0 Å². The summed E-state index contributed by atoms with van der Waals surface area (Å²) in [7, 11) is -3.56. The largest absolute Gasteiger partial charge is 0.379 e. The third-order valence-electron chi connectivity index (χ3n) is 6.86. The summed E-state index contributed by atoms with van der Waals surface area (Å²) in [5, 5.41) is 3.86. The molecule has 1 amide bonds. The van der Waals surface area contributed by atoms with Crippen molar-refractivity contribution in [2.75, 3.05) is 49.6 Å². The van der Waals surface area contributed by atoms with E-state index in [-0.39, 0.29) is 16.7 Å². The number of benzene rings is 2. The van der Waals surface area contributed by atoms with Gasteiger partial charge in [0.25, 0.3) is 0 Å². The van der Waals surface area contributed by atoms with Crippen LogP contribution >= 0.6 is 0 Å². The van der Waals surface area contributed by atoms with Crippen LogP contribution in [0.25, 0.3) is 10.9 Å². The Hall–Kier alpha value is -3.01. The van der Waals surface area contributed by atoms with E-state index in [1.807, 2.05) is 38.1 Å². The van der Waals surface area contributed by atoms with Crippen molar-refractivity contribution in [2.45, 2.75) is 31.6 Å². The van der Waals surface area contributed by atoms with E-state index in [1.165, 1.54) is 4.31 Å². The lowest BCUT2D eigenvalue weighted by Gasteiger charge is -2.33. The molecule has 8 nitrogen and oxygen atoms in total. The number of rotatable bonds is 5. The van der Waals surface area contributed by atoms with Crippen LogP contribution in [0.5, 0.6) is 0 Å². The maximum atomic E-state index is 13.0. The normalized spacial score (nSPS) is 19.4. The Kier molecular flexibility index (Phi) is 6.96. The second kappa shape index (κ2) is 10.2. The minimum Gasteiger partial charge on any atom is -0.379 e. The monoisotopic (exact) mass is 508 g/mol. The third-order valence-corrected chi connectivity index (χ3v) is 8.75. The summed E-state index contributed by atoms with van der Waals surface area (Å²) in [6.45, 7) is 7.03. The highest BCUT2D eigenvalue weighted by molar-refractivity contribution is 7.89. The van der Waals surface area contributed by atoms with Crippen LogP contribution in [0, 0.1) is 19.8 Å². The predicted octanol–water partition coefficient (Wildman–Crippen LogP) is 3.73. The number of carbonyl (C=O) groups is 1. The summed E-state index contributed by atoms with van der Waals surface area (Å²) >= 11 is 0. The number of hydrogen-bond donors (Lipinski definition) is 1. The molecule has 5 rings (SSSR count). The molecular weight excluding hydrogens is 476 g/mol. The molecule has 0 spiro atoms. The zero-order valence-electron chi connectivity index (χ0n) is 20.7. The SMILES string of the molecule is Cc1cc(C)cc(NC(=O)C2CCCN(c3ccc4cc(S(=O)(=O)N5CCOCC5)ccc4n3)C2)c1. The third kappa shape index (κ3) is 5.23. The molecule has 2 fully saturated rings. The average Bonchev–Trinajstić information content (AvgIpc) is 2.88. The van der Waals surface area contributed by atoms with Crippen LogP contribution in [0.2, 0.25) is 0 Å². The minimum atomic E-state index is -3.56. The Morgan fingerprint density at radius 2 is 1.75 bits per heavy atom. The summed E-state index contributed by atoms with van der Waals surface area (Å²) < 4.78 is 32.8. The highest BCUT2D eigenvalue weighted by Crippen LogP contribution is 2.27. The lowest BCUT2D eigenvalue weighted by atomic mass is 9.96. The second-order valence-corrected chi connectivity index (χ2v) is 11.6. The van der Waals surface area contributed by atoms with Crippen molar-refractivity contribution < 1.29 is 17.9 Å². The van der Waals surface area contributed by atoms with Crippen LogP contribution < -0.4 is 10.2 Å². The number of anilines is 2. The summed E-state index contributed by atoms with van der Waals surface area (Å²) in [5.74, 6) is 0.705. The first-order chi connectivity index (χ1) is 17.3. The van der Waals surface area contributed by atoms with Gasteiger partial charge in [-0.1, -0.05) is 6.07 Å². The Morgan fingerprint density at radius 3 is 2.50 bits per heavy atom. The van der Waals surface area contributed by atoms with Gasteiger partial charge in [-0.05, 0) is 80.3 Å². The zero-order chi connectivity index (χ0) is 25.3. The lowest BCUT2D eigenvalue weighted by Crippen LogP contribution is -2.41. The maximum Gasteiger partial charge on any atom is 0.243 e. The van der Waals surface area contributed by atoms with Gasteiger partial charge in [-0.2, -0.15) is 4.31 Å². The van der Waals surface area contributed by atoms with Gasteiger partial charge < -0.3 is 15.0 Å². The van der Waals surface area contributed by atoms with E-state index in [2.05, 4.69) is 16.3 Å². The number of pyridine rings is 1. The fourth-order valence-corrected chi connectivity index (χ4v) is 6.50. The number of piperidine rings is 1. The molecule has 3 aromatic rings. The van der Waals surface area contributed by atoms with Crippen molar-refractivity contribution in [3.05, 3.63) is 59.7 Å². The molecule has 1 N–H and O–H groups in total. The van der Waals surface area contributed by atoms with Gasteiger partial charge in [0, 0.05) is 37.3 Å². The molecule has 1 aromatic heterocycles. The van der Waals surface area contributed by atoms with Gasteiger partial charge >= 0.3 is 0 Å². The standard InChI is InChI=1S/C27H32N4O4S/c1-19-14-20(2)16-23(15-19)28-27(32)22-4-3-9-30(18-22)26-8-5-21-17-24(6-7-25(21)29-26)36(33,34)31-10-12-35-13-11-31/h5-8,14-17,22H,3-4,9-13,18H2,1-2H3,(H,28,32). The first kappa shape index (κ1) is 24.7. The van der Waals surface area contributed by atoms with Gasteiger partial charge in [0.15, 0.2) is 0 Å². The fraction of sp³-hybridized carbons (Fsp3) is 0.407. The number of aryl methyl sites for hydroxylation is 2.